The van der Waals surface area contributed by atoms with Crippen LogP contribution in [-0.2, 0) is 4.74 Å². The molecule has 4 nitrogen and oxygen atoms in total. The van der Waals surface area contributed by atoms with Crippen LogP contribution < -0.4 is 5.32 Å². The van der Waals surface area contributed by atoms with Crippen molar-refractivity contribution in [2.75, 3.05) is 59.0 Å². The first-order valence-electron chi connectivity index (χ1n) is 8.42. The molecule has 2 fully saturated rings. The minimum Gasteiger partial charge on any atom is -0.380 e. The van der Waals surface area contributed by atoms with Crippen LogP contribution in [0.15, 0.2) is 0 Å². The molecular weight excluding hydrogens is 250 g/mol. The van der Waals surface area contributed by atoms with Gasteiger partial charge in [-0.05, 0) is 31.7 Å². The van der Waals surface area contributed by atoms with E-state index in [4.69, 9.17) is 4.74 Å². The minimum atomic E-state index is 0.492. The fourth-order valence-corrected chi connectivity index (χ4v) is 3.65. The summed E-state index contributed by atoms with van der Waals surface area (Å²) in [7, 11) is 0. The van der Waals surface area contributed by atoms with Crippen molar-refractivity contribution in [3.8, 4) is 0 Å². The molecule has 0 aromatic carbocycles. The molecule has 4 heteroatoms. The number of ether oxygens (including phenoxy) is 1. The summed E-state index contributed by atoms with van der Waals surface area (Å²) < 4.78 is 5.52. The highest BCUT2D eigenvalue weighted by molar-refractivity contribution is 4.90. The molecule has 2 aliphatic rings. The molecule has 0 saturated carbocycles. The highest BCUT2D eigenvalue weighted by Crippen LogP contribution is 2.27. The molecule has 0 aromatic heterocycles. The fourth-order valence-electron chi connectivity index (χ4n) is 3.65. The largest absolute Gasteiger partial charge is 0.380 e. The van der Waals surface area contributed by atoms with Crippen LogP contribution in [-0.4, -0.2) is 74.9 Å². The molecule has 20 heavy (non-hydrogen) atoms. The van der Waals surface area contributed by atoms with Gasteiger partial charge < -0.3 is 10.1 Å². The monoisotopic (exact) mass is 283 g/mol. The van der Waals surface area contributed by atoms with Crippen molar-refractivity contribution in [2.24, 2.45) is 5.41 Å². The number of hydrogen-bond acceptors (Lipinski definition) is 4. The van der Waals surface area contributed by atoms with E-state index in [-0.39, 0.29) is 0 Å². The third-order valence-corrected chi connectivity index (χ3v) is 4.95. The third-order valence-electron chi connectivity index (χ3n) is 4.95. The van der Waals surface area contributed by atoms with Gasteiger partial charge in [-0.2, -0.15) is 0 Å². The molecular formula is C16H33N3O. The first kappa shape index (κ1) is 16.2. The first-order chi connectivity index (χ1) is 9.67. The van der Waals surface area contributed by atoms with E-state index in [9.17, 15) is 0 Å². The zero-order chi connectivity index (χ0) is 14.4. The maximum absolute atomic E-state index is 5.52. The molecule has 0 spiro atoms. The summed E-state index contributed by atoms with van der Waals surface area (Å²) in [5, 5.41) is 3.52. The highest BCUT2D eigenvalue weighted by Gasteiger charge is 2.33. The zero-order valence-corrected chi connectivity index (χ0v) is 13.7. The molecule has 1 N–H and O–H groups in total. The quantitative estimate of drug-likeness (QED) is 0.715. The molecule has 2 unspecified atom stereocenters. The first-order valence-corrected chi connectivity index (χ1v) is 8.42. The van der Waals surface area contributed by atoms with Crippen LogP contribution in [0.4, 0.5) is 0 Å². The highest BCUT2D eigenvalue weighted by atomic mass is 16.5. The van der Waals surface area contributed by atoms with Gasteiger partial charge in [-0.15, -0.1) is 0 Å². The van der Waals surface area contributed by atoms with Crippen molar-refractivity contribution in [3.05, 3.63) is 0 Å². The predicted molar refractivity (Wildman–Crippen MR) is 84.2 cm³/mol. The van der Waals surface area contributed by atoms with Gasteiger partial charge in [0, 0.05) is 51.9 Å². The van der Waals surface area contributed by atoms with Crippen molar-refractivity contribution in [1.82, 2.24) is 15.1 Å². The molecule has 118 valence electrons. The van der Waals surface area contributed by atoms with Crippen molar-refractivity contribution in [3.63, 3.8) is 0 Å². The average Bonchev–Trinajstić information content (AvgIpc) is 2.87. The van der Waals surface area contributed by atoms with Crippen LogP contribution in [0.2, 0.25) is 0 Å². The van der Waals surface area contributed by atoms with E-state index in [1.54, 1.807) is 0 Å². The van der Waals surface area contributed by atoms with Crippen molar-refractivity contribution >= 4 is 0 Å². The summed E-state index contributed by atoms with van der Waals surface area (Å²) in [5.41, 5.74) is 0.492. The molecule has 2 heterocycles. The lowest BCUT2D eigenvalue weighted by atomic mass is 9.88. The maximum Gasteiger partial charge on any atom is 0.0593 e. The lowest BCUT2D eigenvalue weighted by Gasteiger charge is -2.43. The van der Waals surface area contributed by atoms with Gasteiger partial charge in [0.05, 0.1) is 6.61 Å². The Hall–Kier alpha value is -0.160. The summed E-state index contributed by atoms with van der Waals surface area (Å²) in [6.07, 6.45) is 2.58. The van der Waals surface area contributed by atoms with Crippen LogP contribution >= 0.6 is 0 Å². The number of nitrogens with one attached hydrogen (secondary N) is 1. The van der Waals surface area contributed by atoms with Crippen LogP contribution in [0.25, 0.3) is 0 Å². The van der Waals surface area contributed by atoms with E-state index in [1.807, 2.05) is 0 Å². The fraction of sp³-hybridized carbons (Fsp3) is 1.00. The topological polar surface area (TPSA) is 27.7 Å². The summed E-state index contributed by atoms with van der Waals surface area (Å²) >= 11 is 0. The Kier molecular flexibility index (Phi) is 6.27. The Bertz CT molecular complexity index is 279. The molecule has 2 aliphatic heterocycles. The second kappa shape index (κ2) is 7.74. The second-order valence-electron chi connectivity index (χ2n) is 6.77. The summed E-state index contributed by atoms with van der Waals surface area (Å²) in [6.45, 7) is 17.0. The number of hydrogen-bond donors (Lipinski definition) is 1. The standard InChI is InChI=1S/C16H33N3O/c1-4-15-12-18(14-16(3)6-7-17-13-16)8-9-19(15)10-11-20-5-2/h15,17H,4-14H2,1-3H3. The maximum atomic E-state index is 5.52. The Balaban J connectivity index is 1.79. The van der Waals surface area contributed by atoms with Gasteiger partial charge in [-0.25, -0.2) is 0 Å². The van der Waals surface area contributed by atoms with Gasteiger partial charge in [0.1, 0.15) is 0 Å². The number of nitrogens with zero attached hydrogens (tertiary/aromatic N) is 2. The lowest BCUT2D eigenvalue weighted by Crippen LogP contribution is -2.55. The Morgan fingerprint density at radius 1 is 1.30 bits per heavy atom. The molecule has 0 aromatic rings. The molecule has 2 rings (SSSR count). The predicted octanol–water partition coefficient (Wildman–Crippen LogP) is 1.42. The smallest absolute Gasteiger partial charge is 0.0593 e. The second-order valence-corrected chi connectivity index (χ2v) is 6.77. The van der Waals surface area contributed by atoms with Crippen LogP contribution in [0.5, 0.6) is 0 Å². The third kappa shape index (κ3) is 4.42. The van der Waals surface area contributed by atoms with E-state index < -0.39 is 0 Å². The van der Waals surface area contributed by atoms with Crippen molar-refractivity contribution < 1.29 is 4.74 Å². The van der Waals surface area contributed by atoms with Gasteiger partial charge >= 0.3 is 0 Å². The van der Waals surface area contributed by atoms with Gasteiger partial charge in [-0.3, -0.25) is 9.80 Å². The normalized spacial score (nSPS) is 32.9. The van der Waals surface area contributed by atoms with Crippen molar-refractivity contribution in [1.29, 1.82) is 0 Å². The van der Waals surface area contributed by atoms with Crippen molar-refractivity contribution in [2.45, 2.75) is 39.7 Å². The van der Waals surface area contributed by atoms with E-state index in [0.717, 1.165) is 19.8 Å². The van der Waals surface area contributed by atoms with Gasteiger partial charge in [0.15, 0.2) is 0 Å². The van der Waals surface area contributed by atoms with Crippen LogP contribution in [0.3, 0.4) is 0 Å². The van der Waals surface area contributed by atoms with E-state index in [2.05, 4.69) is 35.9 Å². The van der Waals surface area contributed by atoms with E-state index in [1.165, 1.54) is 52.1 Å². The van der Waals surface area contributed by atoms with Gasteiger partial charge in [0.25, 0.3) is 0 Å². The summed E-state index contributed by atoms with van der Waals surface area (Å²) in [6, 6.07) is 0.710. The molecule has 0 radical (unpaired) electrons. The molecule has 2 saturated heterocycles. The van der Waals surface area contributed by atoms with Gasteiger partial charge in [0.2, 0.25) is 0 Å². The summed E-state index contributed by atoms with van der Waals surface area (Å²) in [4.78, 5) is 5.32. The lowest BCUT2D eigenvalue weighted by molar-refractivity contribution is 0.0280. The zero-order valence-electron chi connectivity index (χ0n) is 13.7. The minimum absolute atomic E-state index is 0.492. The van der Waals surface area contributed by atoms with Gasteiger partial charge in [-0.1, -0.05) is 13.8 Å². The summed E-state index contributed by atoms with van der Waals surface area (Å²) in [5.74, 6) is 0. The number of piperazine rings is 1. The molecule has 0 aliphatic carbocycles. The Labute approximate surface area is 124 Å². The number of rotatable bonds is 7. The average molecular weight is 283 g/mol. The van der Waals surface area contributed by atoms with E-state index >= 15 is 0 Å². The SMILES string of the molecule is CCOCCN1CCN(CC2(C)CCNC2)CC1CC. The van der Waals surface area contributed by atoms with Crippen LogP contribution in [0, 0.1) is 5.41 Å². The van der Waals surface area contributed by atoms with Crippen LogP contribution in [0.1, 0.15) is 33.6 Å². The molecule has 0 bridgehead atoms. The van der Waals surface area contributed by atoms with E-state index in [0.29, 0.717) is 11.5 Å². The Morgan fingerprint density at radius 2 is 2.15 bits per heavy atom. The molecule has 2 atom stereocenters. The molecule has 0 amide bonds. The Morgan fingerprint density at radius 3 is 2.80 bits per heavy atom.